The van der Waals surface area contributed by atoms with E-state index in [2.05, 4.69) is 30.3 Å². The summed E-state index contributed by atoms with van der Waals surface area (Å²) in [5, 5.41) is 4.90. The van der Waals surface area contributed by atoms with E-state index in [0.717, 1.165) is 17.7 Å². The summed E-state index contributed by atoms with van der Waals surface area (Å²) in [4.78, 5) is 63.4. The number of fused-ring (bicyclic) bond motifs is 1. The molecule has 0 radical (unpaired) electrons. The summed E-state index contributed by atoms with van der Waals surface area (Å²) in [6, 6.07) is 3.55. The van der Waals surface area contributed by atoms with Gasteiger partial charge in [0.25, 0.3) is 11.8 Å². The average Bonchev–Trinajstić information content (AvgIpc) is 3.27. The van der Waals surface area contributed by atoms with Gasteiger partial charge in [-0.3, -0.25) is 34.2 Å². The SMILES string of the molecule is C[Si](C)(C)OCCOCCOCCOCCOCCOCCCCCC(=O)Nc1cccc2c1C(=O)N(C1CCC(=O)NC1=O)C2=O. The number of rotatable bonds is 24. The molecule has 1 atom stereocenters. The standard InChI is InChI=1S/C32H49N3O11Si/c1-47(2,3)46-23-22-45-21-20-44-19-18-43-17-16-42-15-14-41-13-6-4-5-10-27(36)33-25-9-7-8-24-29(25)32(40)35(31(24)39)26-11-12-28(37)34-30(26)38/h7-9,26H,4-6,10-23H2,1-3H3,(H,33,36)(H,34,37,38). The summed E-state index contributed by atoms with van der Waals surface area (Å²) >= 11 is 0. The third kappa shape index (κ3) is 13.5. The number of carbonyl (C=O) groups is 5. The van der Waals surface area contributed by atoms with Gasteiger partial charge in [0.1, 0.15) is 6.04 Å². The molecule has 0 aliphatic carbocycles. The van der Waals surface area contributed by atoms with Crippen molar-refractivity contribution in [3.05, 3.63) is 29.3 Å². The number of nitrogens with zero attached hydrogens (tertiary/aromatic N) is 1. The number of hydrogen-bond donors (Lipinski definition) is 2. The minimum Gasteiger partial charge on any atom is -0.415 e. The third-order valence-corrected chi connectivity index (χ3v) is 8.26. The average molecular weight is 680 g/mol. The molecule has 2 aliphatic rings. The van der Waals surface area contributed by atoms with Gasteiger partial charge >= 0.3 is 0 Å². The number of hydrogen-bond acceptors (Lipinski definition) is 11. The molecule has 3 rings (SSSR count). The molecule has 2 N–H and O–H groups in total. The second-order valence-corrected chi connectivity index (χ2v) is 16.6. The number of piperidine rings is 1. The number of carbonyl (C=O) groups excluding carboxylic acids is 5. The number of imide groups is 2. The zero-order chi connectivity index (χ0) is 34.1. The van der Waals surface area contributed by atoms with Gasteiger partial charge in [0.15, 0.2) is 8.32 Å². The van der Waals surface area contributed by atoms with E-state index in [4.69, 9.17) is 28.1 Å². The minimum atomic E-state index is -1.48. The lowest BCUT2D eigenvalue weighted by Crippen LogP contribution is -2.54. The fraction of sp³-hybridized carbons (Fsp3) is 0.656. The highest BCUT2D eigenvalue weighted by atomic mass is 28.4. The van der Waals surface area contributed by atoms with E-state index in [1.807, 2.05) is 0 Å². The summed E-state index contributed by atoms with van der Waals surface area (Å²) in [6.45, 7) is 12.1. The monoisotopic (exact) mass is 679 g/mol. The lowest BCUT2D eigenvalue weighted by Gasteiger charge is -2.27. The first-order chi connectivity index (χ1) is 22.6. The minimum absolute atomic E-state index is 0.0342. The summed E-state index contributed by atoms with van der Waals surface area (Å²) < 4.78 is 33.2. The molecule has 1 aromatic rings. The molecule has 14 nitrogen and oxygen atoms in total. The van der Waals surface area contributed by atoms with Crippen LogP contribution in [0.25, 0.3) is 0 Å². The Kier molecular flexibility index (Phi) is 16.6. The van der Waals surface area contributed by atoms with E-state index < -0.39 is 38.0 Å². The van der Waals surface area contributed by atoms with Crippen LogP contribution in [0.2, 0.25) is 19.6 Å². The summed E-state index contributed by atoms with van der Waals surface area (Å²) in [5.41, 5.74) is 0.402. The van der Waals surface area contributed by atoms with Crippen molar-refractivity contribution in [1.82, 2.24) is 10.2 Å². The van der Waals surface area contributed by atoms with Crippen molar-refractivity contribution < 1.29 is 52.1 Å². The zero-order valence-electron chi connectivity index (χ0n) is 27.8. The Morgan fingerprint density at radius 3 is 1.94 bits per heavy atom. The van der Waals surface area contributed by atoms with Crippen molar-refractivity contribution in [1.29, 1.82) is 0 Å². The summed E-state index contributed by atoms with van der Waals surface area (Å²) in [6.07, 6.45) is 2.51. The molecule has 1 saturated heterocycles. The molecule has 2 aliphatic heterocycles. The van der Waals surface area contributed by atoms with Crippen LogP contribution < -0.4 is 10.6 Å². The van der Waals surface area contributed by atoms with Gasteiger partial charge in [0.05, 0.1) is 82.9 Å². The van der Waals surface area contributed by atoms with Crippen molar-refractivity contribution in [3.8, 4) is 0 Å². The first kappa shape index (κ1) is 38.4. The van der Waals surface area contributed by atoms with Crippen molar-refractivity contribution >= 4 is 43.5 Å². The Hall–Kier alpha value is -3.05. The van der Waals surface area contributed by atoms with Crippen LogP contribution in [0.3, 0.4) is 0 Å². The fourth-order valence-electron chi connectivity index (χ4n) is 4.89. The van der Waals surface area contributed by atoms with Gasteiger partial charge in [-0.15, -0.1) is 0 Å². The molecule has 47 heavy (non-hydrogen) atoms. The Bertz CT molecular complexity index is 1210. The number of nitrogens with one attached hydrogen (secondary N) is 2. The lowest BCUT2D eigenvalue weighted by molar-refractivity contribution is -0.136. The van der Waals surface area contributed by atoms with Crippen LogP contribution in [-0.4, -0.2) is 121 Å². The second-order valence-electron chi connectivity index (χ2n) is 12.1. The fourth-order valence-corrected chi connectivity index (χ4v) is 5.58. The summed E-state index contributed by atoms with van der Waals surface area (Å²) in [7, 11) is -1.48. The first-order valence-corrected chi connectivity index (χ1v) is 19.7. The predicted molar refractivity (Wildman–Crippen MR) is 174 cm³/mol. The molecule has 0 saturated carbocycles. The molecule has 5 amide bonds. The molecular formula is C32H49N3O11Si. The largest absolute Gasteiger partial charge is 0.415 e. The molecule has 0 bridgehead atoms. The van der Waals surface area contributed by atoms with E-state index >= 15 is 0 Å². The van der Waals surface area contributed by atoms with Crippen molar-refractivity contribution in [2.75, 3.05) is 78.0 Å². The van der Waals surface area contributed by atoms with Crippen LogP contribution in [0.4, 0.5) is 5.69 Å². The van der Waals surface area contributed by atoms with Gasteiger partial charge in [-0.05, 0) is 51.0 Å². The van der Waals surface area contributed by atoms with E-state index in [1.165, 1.54) is 6.07 Å². The highest BCUT2D eigenvalue weighted by molar-refractivity contribution is 6.69. The van der Waals surface area contributed by atoms with E-state index in [1.54, 1.807) is 12.1 Å². The number of unbranched alkanes of at least 4 members (excludes halogenated alkanes) is 2. The van der Waals surface area contributed by atoms with Gasteiger partial charge in [0, 0.05) is 19.4 Å². The quantitative estimate of drug-likeness (QED) is 0.0936. The zero-order valence-corrected chi connectivity index (χ0v) is 28.8. The molecule has 15 heteroatoms. The van der Waals surface area contributed by atoms with Crippen LogP contribution in [0, 0.1) is 0 Å². The highest BCUT2D eigenvalue weighted by Gasteiger charge is 2.45. The summed E-state index contributed by atoms with van der Waals surface area (Å²) in [5.74, 6) is -2.69. The maximum Gasteiger partial charge on any atom is 0.264 e. The van der Waals surface area contributed by atoms with Crippen molar-refractivity contribution in [2.45, 2.75) is 64.2 Å². The molecule has 2 heterocycles. The van der Waals surface area contributed by atoms with E-state index in [9.17, 15) is 24.0 Å². The van der Waals surface area contributed by atoms with Crippen molar-refractivity contribution in [3.63, 3.8) is 0 Å². The van der Waals surface area contributed by atoms with Crippen LogP contribution in [0.5, 0.6) is 0 Å². The Labute approximate surface area is 277 Å². The highest BCUT2D eigenvalue weighted by Crippen LogP contribution is 2.32. The van der Waals surface area contributed by atoms with Gasteiger partial charge in [-0.25, -0.2) is 0 Å². The maximum absolute atomic E-state index is 13.2. The molecule has 262 valence electrons. The molecule has 0 spiro atoms. The number of ether oxygens (including phenoxy) is 5. The maximum atomic E-state index is 13.2. The number of benzene rings is 1. The van der Waals surface area contributed by atoms with Crippen LogP contribution in [0.15, 0.2) is 18.2 Å². The van der Waals surface area contributed by atoms with E-state index in [-0.39, 0.29) is 42.0 Å². The van der Waals surface area contributed by atoms with Gasteiger partial charge in [-0.1, -0.05) is 12.5 Å². The Balaban J connectivity index is 1.15. The topological polar surface area (TPSA) is 168 Å². The van der Waals surface area contributed by atoms with Crippen LogP contribution in [-0.2, 0) is 42.5 Å². The Morgan fingerprint density at radius 1 is 0.787 bits per heavy atom. The van der Waals surface area contributed by atoms with Gasteiger partial charge < -0.3 is 33.4 Å². The van der Waals surface area contributed by atoms with E-state index in [0.29, 0.717) is 79.1 Å². The molecule has 1 unspecified atom stereocenters. The lowest BCUT2D eigenvalue weighted by atomic mass is 10.0. The molecule has 0 aromatic heterocycles. The predicted octanol–water partition coefficient (Wildman–Crippen LogP) is 2.52. The first-order valence-electron chi connectivity index (χ1n) is 16.3. The second kappa shape index (κ2) is 20.3. The van der Waals surface area contributed by atoms with Crippen molar-refractivity contribution in [2.24, 2.45) is 0 Å². The third-order valence-electron chi connectivity index (χ3n) is 7.19. The molecular weight excluding hydrogens is 630 g/mol. The van der Waals surface area contributed by atoms with Crippen LogP contribution >= 0.6 is 0 Å². The number of anilines is 1. The van der Waals surface area contributed by atoms with Crippen LogP contribution in [0.1, 0.15) is 59.2 Å². The normalized spacial score (nSPS) is 16.5. The molecule has 1 aromatic carbocycles. The number of amides is 5. The van der Waals surface area contributed by atoms with Gasteiger partial charge in [0.2, 0.25) is 17.7 Å². The molecule has 1 fully saturated rings. The Morgan fingerprint density at radius 2 is 1.36 bits per heavy atom. The van der Waals surface area contributed by atoms with Gasteiger partial charge in [-0.2, -0.15) is 0 Å². The smallest absolute Gasteiger partial charge is 0.264 e.